The molecule has 0 amide bonds. The third-order valence-corrected chi connectivity index (χ3v) is 2.50. The maximum absolute atomic E-state index is 9.23. The fourth-order valence-electron chi connectivity index (χ4n) is 1.99. The lowest BCUT2D eigenvalue weighted by Crippen LogP contribution is -2.36. The van der Waals surface area contributed by atoms with Crippen LogP contribution in [0.2, 0.25) is 0 Å². The molecular formula is C9H20N2O. The van der Waals surface area contributed by atoms with Crippen molar-refractivity contribution in [3.63, 3.8) is 0 Å². The number of likely N-dealkylation sites (tertiary alicyclic amines) is 1. The smallest absolute Gasteiger partial charge is 0.0639 e. The number of aliphatic hydroxyl groups is 1. The molecule has 0 radical (unpaired) electrons. The molecule has 0 spiro atoms. The van der Waals surface area contributed by atoms with Gasteiger partial charge in [-0.3, -0.25) is 4.90 Å². The highest BCUT2D eigenvalue weighted by Crippen LogP contribution is 2.19. The van der Waals surface area contributed by atoms with E-state index in [4.69, 9.17) is 5.73 Å². The molecule has 1 aliphatic rings. The van der Waals surface area contributed by atoms with Crippen LogP contribution in [0, 0.1) is 0 Å². The normalized spacial score (nSPS) is 27.8. The van der Waals surface area contributed by atoms with Crippen LogP contribution < -0.4 is 5.73 Å². The summed E-state index contributed by atoms with van der Waals surface area (Å²) in [6.45, 7) is 4.55. The molecule has 0 bridgehead atoms. The van der Waals surface area contributed by atoms with Crippen LogP contribution in [0.15, 0.2) is 0 Å². The second kappa shape index (κ2) is 4.80. The zero-order chi connectivity index (χ0) is 8.97. The number of nitrogens with two attached hydrogens (primary N) is 1. The Balaban J connectivity index is 2.30. The van der Waals surface area contributed by atoms with Gasteiger partial charge in [-0.25, -0.2) is 0 Å². The summed E-state index contributed by atoms with van der Waals surface area (Å²) in [7, 11) is 0. The molecular weight excluding hydrogens is 152 g/mol. The minimum Gasteiger partial charge on any atom is -0.392 e. The van der Waals surface area contributed by atoms with Crippen LogP contribution in [0.3, 0.4) is 0 Å². The van der Waals surface area contributed by atoms with E-state index in [1.165, 1.54) is 12.8 Å². The molecule has 1 rings (SSSR count). The van der Waals surface area contributed by atoms with Crippen LogP contribution in [0.4, 0.5) is 0 Å². The van der Waals surface area contributed by atoms with Crippen molar-refractivity contribution < 1.29 is 5.11 Å². The minimum absolute atomic E-state index is 0.205. The van der Waals surface area contributed by atoms with Crippen molar-refractivity contribution in [2.75, 3.05) is 19.6 Å². The summed E-state index contributed by atoms with van der Waals surface area (Å²) < 4.78 is 0. The molecule has 3 N–H and O–H groups in total. The second-order valence-electron chi connectivity index (χ2n) is 3.72. The summed E-state index contributed by atoms with van der Waals surface area (Å²) in [5.74, 6) is 0. The van der Waals surface area contributed by atoms with Crippen LogP contribution >= 0.6 is 0 Å². The quantitative estimate of drug-likeness (QED) is 0.636. The molecule has 0 saturated carbocycles. The largest absolute Gasteiger partial charge is 0.392 e. The van der Waals surface area contributed by atoms with E-state index in [0.717, 1.165) is 26.1 Å². The monoisotopic (exact) mass is 172 g/mol. The first kappa shape index (κ1) is 9.96. The molecule has 1 heterocycles. The van der Waals surface area contributed by atoms with Crippen molar-refractivity contribution in [1.82, 2.24) is 4.90 Å². The first-order valence-corrected chi connectivity index (χ1v) is 4.86. The Morgan fingerprint density at radius 3 is 3.00 bits per heavy atom. The number of hydrogen-bond donors (Lipinski definition) is 2. The van der Waals surface area contributed by atoms with Gasteiger partial charge in [0, 0.05) is 12.6 Å². The number of aliphatic hydroxyl groups excluding tert-OH is 1. The Morgan fingerprint density at radius 2 is 2.42 bits per heavy atom. The first-order valence-electron chi connectivity index (χ1n) is 4.86. The van der Waals surface area contributed by atoms with E-state index in [9.17, 15) is 5.11 Å². The fourth-order valence-corrected chi connectivity index (χ4v) is 1.99. The molecule has 12 heavy (non-hydrogen) atoms. The van der Waals surface area contributed by atoms with Crippen molar-refractivity contribution in [2.24, 2.45) is 5.73 Å². The van der Waals surface area contributed by atoms with Crippen LogP contribution in [-0.2, 0) is 0 Å². The maximum Gasteiger partial charge on any atom is 0.0639 e. The number of hydrogen-bond acceptors (Lipinski definition) is 3. The molecule has 1 aliphatic heterocycles. The number of β-amino-alcohol motifs (C(OH)–C–C–N with tert-alkyl or cyclic N) is 1. The van der Waals surface area contributed by atoms with Gasteiger partial charge in [0.25, 0.3) is 0 Å². The van der Waals surface area contributed by atoms with E-state index in [2.05, 4.69) is 4.90 Å². The SMILES string of the molecule is CC(O)CN1CCCC1CCN. The summed E-state index contributed by atoms with van der Waals surface area (Å²) in [5, 5.41) is 9.23. The van der Waals surface area contributed by atoms with Crippen molar-refractivity contribution >= 4 is 0 Å². The zero-order valence-corrected chi connectivity index (χ0v) is 7.87. The highest BCUT2D eigenvalue weighted by Gasteiger charge is 2.23. The van der Waals surface area contributed by atoms with Gasteiger partial charge in [0.1, 0.15) is 0 Å². The predicted molar refractivity (Wildman–Crippen MR) is 49.9 cm³/mol. The van der Waals surface area contributed by atoms with Crippen molar-refractivity contribution in [2.45, 2.75) is 38.3 Å². The van der Waals surface area contributed by atoms with Gasteiger partial charge in [-0.2, -0.15) is 0 Å². The molecule has 2 unspecified atom stereocenters. The number of nitrogens with zero attached hydrogens (tertiary/aromatic N) is 1. The van der Waals surface area contributed by atoms with Crippen molar-refractivity contribution in [3.05, 3.63) is 0 Å². The van der Waals surface area contributed by atoms with Gasteiger partial charge >= 0.3 is 0 Å². The van der Waals surface area contributed by atoms with Crippen LogP contribution in [-0.4, -0.2) is 41.8 Å². The van der Waals surface area contributed by atoms with E-state index in [0.29, 0.717) is 6.04 Å². The van der Waals surface area contributed by atoms with Crippen molar-refractivity contribution in [3.8, 4) is 0 Å². The zero-order valence-electron chi connectivity index (χ0n) is 7.87. The Labute approximate surface area is 74.5 Å². The average molecular weight is 172 g/mol. The third kappa shape index (κ3) is 2.73. The molecule has 1 fully saturated rings. The van der Waals surface area contributed by atoms with Gasteiger partial charge in [0.15, 0.2) is 0 Å². The molecule has 0 aliphatic carbocycles. The molecule has 0 aromatic rings. The molecule has 3 nitrogen and oxygen atoms in total. The second-order valence-corrected chi connectivity index (χ2v) is 3.72. The van der Waals surface area contributed by atoms with Gasteiger partial charge in [0.05, 0.1) is 6.10 Å². The van der Waals surface area contributed by atoms with Crippen molar-refractivity contribution in [1.29, 1.82) is 0 Å². The predicted octanol–water partition coefficient (Wildman–Crippen LogP) is 0.180. The van der Waals surface area contributed by atoms with E-state index in [1.807, 2.05) is 6.92 Å². The minimum atomic E-state index is -0.205. The molecule has 3 heteroatoms. The van der Waals surface area contributed by atoms with Gasteiger partial charge in [-0.1, -0.05) is 0 Å². The van der Waals surface area contributed by atoms with Gasteiger partial charge in [0.2, 0.25) is 0 Å². The fraction of sp³-hybridized carbons (Fsp3) is 1.00. The summed E-state index contributed by atoms with van der Waals surface area (Å²) in [6.07, 6.45) is 3.39. The van der Waals surface area contributed by atoms with E-state index in [1.54, 1.807) is 0 Å². The maximum atomic E-state index is 9.23. The summed E-state index contributed by atoms with van der Waals surface area (Å²) >= 11 is 0. The summed E-state index contributed by atoms with van der Waals surface area (Å²) in [4.78, 5) is 2.36. The number of rotatable bonds is 4. The molecule has 0 aromatic carbocycles. The molecule has 1 saturated heterocycles. The van der Waals surface area contributed by atoms with Gasteiger partial charge < -0.3 is 10.8 Å². The van der Waals surface area contributed by atoms with E-state index >= 15 is 0 Å². The average Bonchev–Trinajstić information content (AvgIpc) is 2.37. The molecule has 2 atom stereocenters. The Kier molecular flexibility index (Phi) is 3.98. The molecule has 0 aromatic heterocycles. The van der Waals surface area contributed by atoms with E-state index in [-0.39, 0.29) is 6.10 Å². The summed E-state index contributed by atoms with van der Waals surface area (Å²) in [6, 6.07) is 0.629. The Bertz CT molecular complexity index is 128. The third-order valence-electron chi connectivity index (χ3n) is 2.50. The van der Waals surface area contributed by atoms with Gasteiger partial charge in [-0.05, 0) is 39.3 Å². The Hall–Kier alpha value is -0.120. The first-order chi connectivity index (χ1) is 5.74. The lowest BCUT2D eigenvalue weighted by molar-refractivity contribution is 0.117. The van der Waals surface area contributed by atoms with Crippen LogP contribution in [0.5, 0.6) is 0 Å². The highest BCUT2D eigenvalue weighted by molar-refractivity contribution is 4.80. The van der Waals surface area contributed by atoms with Crippen LogP contribution in [0.25, 0.3) is 0 Å². The van der Waals surface area contributed by atoms with Crippen LogP contribution in [0.1, 0.15) is 26.2 Å². The topological polar surface area (TPSA) is 49.5 Å². The Morgan fingerprint density at radius 1 is 1.67 bits per heavy atom. The van der Waals surface area contributed by atoms with Gasteiger partial charge in [-0.15, -0.1) is 0 Å². The molecule has 72 valence electrons. The van der Waals surface area contributed by atoms with E-state index < -0.39 is 0 Å². The lowest BCUT2D eigenvalue weighted by atomic mass is 10.1. The standard InChI is InChI=1S/C9H20N2O/c1-8(12)7-11-6-2-3-9(11)4-5-10/h8-9,12H,2-7,10H2,1H3. The lowest BCUT2D eigenvalue weighted by Gasteiger charge is -2.24. The summed E-state index contributed by atoms with van der Waals surface area (Å²) in [5.41, 5.74) is 5.51. The highest BCUT2D eigenvalue weighted by atomic mass is 16.3.